The van der Waals surface area contributed by atoms with Crippen molar-refractivity contribution in [2.75, 3.05) is 0 Å². The van der Waals surface area contributed by atoms with E-state index in [1.165, 1.54) is 5.56 Å². The molecule has 0 fully saturated rings. The van der Waals surface area contributed by atoms with Gasteiger partial charge in [0, 0.05) is 9.50 Å². The highest BCUT2D eigenvalue weighted by Gasteiger charge is 2.14. The predicted octanol–water partition coefficient (Wildman–Crippen LogP) is 4.27. The van der Waals surface area contributed by atoms with Crippen LogP contribution < -0.4 is 11.3 Å². The van der Waals surface area contributed by atoms with Crippen molar-refractivity contribution in [3.8, 4) is 0 Å². The van der Waals surface area contributed by atoms with Gasteiger partial charge >= 0.3 is 0 Å². The van der Waals surface area contributed by atoms with E-state index >= 15 is 0 Å². The maximum atomic E-state index is 6.18. The van der Waals surface area contributed by atoms with Gasteiger partial charge in [-0.25, -0.2) is 5.43 Å². The topological polar surface area (TPSA) is 38.0 Å². The first-order valence-corrected chi connectivity index (χ1v) is 7.18. The van der Waals surface area contributed by atoms with E-state index in [2.05, 4.69) is 46.5 Å². The zero-order valence-corrected chi connectivity index (χ0v) is 13.2. The third-order valence-electron chi connectivity index (χ3n) is 3.23. The van der Waals surface area contributed by atoms with Gasteiger partial charge in [-0.3, -0.25) is 5.84 Å². The van der Waals surface area contributed by atoms with E-state index < -0.39 is 0 Å². The number of nitrogens with one attached hydrogen (secondary N) is 1. The van der Waals surface area contributed by atoms with E-state index in [1.807, 2.05) is 25.1 Å². The fourth-order valence-electron chi connectivity index (χ4n) is 1.96. The molecule has 1 atom stereocenters. The van der Waals surface area contributed by atoms with Crippen LogP contribution in [0.4, 0.5) is 0 Å². The molecular weight excluding hydrogens is 324 g/mol. The Hall–Kier alpha value is -0.870. The molecule has 0 bridgehead atoms. The highest BCUT2D eigenvalue weighted by atomic mass is 79.9. The van der Waals surface area contributed by atoms with Crippen molar-refractivity contribution in [2.24, 2.45) is 5.84 Å². The SMILES string of the molecule is Cc1ccc(C(NN)c2ccc(C)c(Br)c2)cc1Cl. The van der Waals surface area contributed by atoms with E-state index in [1.54, 1.807) is 0 Å². The highest BCUT2D eigenvalue weighted by Crippen LogP contribution is 2.28. The minimum absolute atomic E-state index is 0.0741. The van der Waals surface area contributed by atoms with Gasteiger partial charge in [-0.1, -0.05) is 51.8 Å². The lowest BCUT2D eigenvalue weighted by atomic mass is 9.97. The van der Waals surface area contributed by atoms with Gasteiger partial charge in [0.15, 0.2) is 0 Å². The van der Waals surface area contributed by atoms with Crippen molar-refractivity contribution in [3.63, 3.8) is 0 Å². The van der Waals surface area contributed by atoms with E-state index in [-0.39, 0.29) is 6.04 Å². The lowest BCUT2D eigenvalue weighted by Crippen LogP contribution is -2.28. The predicted molar refractivity (Wildman–Crippen MR) is 84.2 cm³/mol. The van der Waals surface area contributed by atoms with E-state index in [4.69, 9.17) is 17.4 Å². The number of rotatable bonds is 3. The largest absolute Gasteiger partial charge is 0.271 e. The van der Waals surface area contributed by atoms with Gasteiger partial charge in [-0.2, -0.15) is 0 Å². The molecule has 0 heterocycles. The number of hydrogen-bond donors (Lipinski definition) is 2. The molecule has 0 saturated carbocycles. The average Bonchev–Trinajstić information content (AvgIpc) is 2.39. The molecule has 0 saturated heterocycles. The van der Waals surface area contributed by atoms with E-state index in [0.29, 0.717) is 0 Å². The lowest BCUT2D eigenvalue weighted by molar-refractivity contribution is 0.636. The number of nitrogens with two attached hydrogens (primary N) is 1. The van der Waals surface area contributed by atoms with Crippen molar-refractivity contribution < 1.29 is 0 Å². The molecule has 2 aromatic carbocycles. The fraction of sp³-hybridized carbons (Fsp3) is 0.200. The average molecular weight is 340 g/mol. The fourth-order valence-corrected chi connectivity index (χ4v) is 2.55. The second-order valence-corrected chi connectivity index (χ2v) is 5.88. The summed E-state index contributed by atoms with van der Waals surface area (Å²) in [5.74, 6) is 5.70. The Morgan fingerprint density at radius 1 is 1.05 bits per heavy atom. The summed E-state index contributed by atoms with van der Waals surface area (Å²) in [6.45, 7) is 4.04. The van der Waals surface area contributed by atoms with Crippen LogP contribution in [0.3, 0.4) is 0 Å². The van der Waals surface area contributed by atoms with Gasteiger partial charge in [-0.05, 0) is 48.2 Å². The van der Waals surface area contributed by atoms with Gasteiger partial charge in [-0.15, -0.1) is 0 Å². The lowest BCUT2D eigenvalue weighted by Gasteiger charge is -2.18. The maximum Gasteiger partial charge on any atom is 0.0711 e. The molecule has 1 unspecified atom stereocenters. The van der Waals surface area contributed by atoms with Crippen molar-refractivity contribution in [1.82, 2.24) is 5.43 Å². The van der Waals surface area contributed by atoms with Crippen LogP contribution in [0.25, 0.3) is 0 Å². The Kier molecular flexibility index (Phi) is 4.63. The second kappa shape index (κ2) is 6.06. The van der Waals surface area contributed by atoms with Crippen LogP contribution in [0.2, 0.25) is 5.02 Å². The molecule has 2 aromatic rings. The van der Waals surface area contributed by atoms with Gasteiger partial charge in [0.1, 0.15) is 0 Å². The first-order valence-electron chi connectivity index (χ1n) is 6.01. The van der Waals surface area contributed by atoms with Gasteiger partial charge in [0.25, 0.3) is 0 Å². The summed E-state index contributed by atoms with van der Waals surface area (Å²) >= 11 is 9.73. The Bertz CT molecular complexity index is 547. The first-order chi connectivity index (χ1) is 9.02. The summed E-state index contributed by atoms with van der Waals surface area (Å²) in [7, 11) is 0. The monoisotopic (exact) mass is 338 g/mol. The second-order valence-electron chi connectivity index (χ2n) is 4.62. The number of benzene rings is 2. The van der Waals surface area contributed by atoms with Crippen molar-refractivity contribution in [1.29, 1.82) is 0 Å². The van der Waals surface area contributed by atoms with Gasteiger partial charge in [0.2, 0.25) is 0 Å². The third-order valence-corrected chi connectivity index (χ3v) is 4.49. The van der Waals surface area contributed by atoms with Crippen LogP contribution in [-0.2, 0) is 0 Å². The molecule has 0 aliphatic carbocycles. The standard InChI is InChI=1S/C15H16BrClN2/c1-9-3-5-11(7-13(9)16)15(19-18)12-6-4-10(2)14(17)8-12/h3-8,15,19H,18H2,1-2H3. The van der Waals surface area contributed by atoms with Crippen LogP contribution in [0.15, 0.2) is 40.9 Å². The van der Waals surface area contributed by atoms with Crippen molar-refractivity contribution in [2.45, 2.75) is 19.9 Å². The van der Waals surface area contributed by atoms with Crippen LogP contribution in [0, 0.1) is 13.8 Å². The highest BCUT2D eigenvalue weighted by molar-refractivity contribution is 9.10. The summed E-state index contributed by atoms with van der Waals surface area (Å²) < 4.78 is 1.07. The Balaban J connectivity index is 2.43. The molecule has 100 valence electrons. The number of hydrogen-bond acceptors (Lipinski definition) is 2. The molecule has 19 heavy (non-hydrogen) atoms. The van der Waals surface area contributed by atoms with Crippen molar-refractivity contribution in [3.05, 3.63) is 68.1 Å². The minimum Gasteiger partial charge on any atom is -0.271 e. The molecule has 0 aromatic heterocycles. The molecule has 2 rings (SSSR count). The van der Waals surface area contributed by atoms with Gasteiger partial charge in [0.05, 0.1) is 6.04 Å². The summed E-state index contributed by atoms with van der Waals surface area (Å²) in [6.07, 6.45) is 0. The summed E-state index contributed by atoms with van der Waals surface area (Å²) in [5, 5.41) is 0.754. The number of halogens is 2. The maximum absolute atomic E-state index is 6.18. The molecule has 0 aliphatic rings. The van der Waals surface area contributed by atoms with Crippen LogP contribution in [-0.4, -0.2) is 0 Å². The van der Waals surface area contributed by atoms with Crippen molar-refractivity contribution >= 4 is 27.5 Å². The minimum atomic E-state index is -0.0741. The molecule has 0 radical (unpaired) electrons. The van der Waals surface area contributed by atoms with Crippen LogP contribution >= 0.6 is 27.5 Å². The summed E-state index contributed by atoms with van der Waals surface area (Å²) in [6, 6.07) is 12.1. The molecule has 0 amide bonds. The van der Waals surface area contributed by atoms with E-state index in [9.17, 15) is 0 Å². The molecular formula is C15H16BrClN2. The Morgan fingerprint density at radius 3 is 2.16 bits per heavy atom. The number of hydrazine groups is 1. The van der Waals surface area contributed by atoms with Gasteiger partial charge < -0.3 is 0 Å². The third kappa shape index (κ3) is 3.18. The Morgan fingerprint density at radius 2 is 1.63 bits per heavy atom. The zero-order chi connectivity index (χ0) is 14.0. The molecule has 2 nitrogen and oxygen atoms in total. The molecule has 4 heteroatoms. The smallest absolute Gasteiger partial charge is 0.0711 e. The quantitative estimate of drug-likeness (QED) is 0.647. The normalized spacial score (nSPS) is 12.5. The van der Waals surface area contributed by atoms with E-state index in [0.717, 1.165) is 26.2 Å². The molecule has 0 spiro atoms. The number of aryl methyl sites for hydroxylation is 2. The van der Waals surface area contributed by atoms with Crippen LogP contribution in [0.5, 0.6) is 0 Å². The van der Waals surface area contributed by atoms with Crippen LogP contribution in [0.1, 0.15) is 28.3 Å². The summed E-state index contributed by atoms with van der Waals surface area (Å²) in [4.78, 5) is 0. The molecule has 3 N–H and O–H groups in total. The summed E-state index contributed by atoms with van der Waals surface area (Å²) in [5.41, 5.74) is 7.25. The first kappa shape index (κ1) is 14.5. The zero-order valence-electron chi connectivity index (χ0n) is 10.9. The Labute approximate surface area is 127 Å². The molecule has 0 aliphatic heterocycles.